The van der Waals surface area contributed by atoms with E-state index >= 15 is 0 Å². The molecule has 0 amide bonds. The van der Waals surface area contributed by atoms with Crippen LogP contribution in [0.3, 0.4) is 0 Å². The summed E-state index contributed by atoms with van der Waals surface area (Å²) in [5, 5.41) is 4.25. The van der Waals surface area contributed by atoms with E-state index in [9.17, 15) is 0 Å². The molecule has 1 N–H and O–H groups in total. The number of aliphatic imine (C=N–C) groups is 1. The molecule has 0 spiro atoms. The van der Waals surface area contributed by atoms with E-state index in [2.05, 4.69) is 28.2 Å². The van der Waals surface area contributed by atoms with Crippen LogP contribution in [0.2, 0.25) is 5.02 Å². The van der Waals surface area contributed by atoms with Gasteiger partial charge in [-0.3, -0.25) is 4.99 Å². The van der Waals surface area contributed by atoms with Crippen LogP contribution in [0.25, 0.3) is 0 Å². The van der Waals surface area contributed by atoms with Gasteiger partial charge in [0.05, 0.1) is 0 Å². The number of guanidine groups is 1. The highest BCUT2D eigenvalue weighted by Gasteiger charge is 2.33. The first-order chi connectivity index (χ1) is 8.60. The van der Waals surface area contributed by atoms with E-state index in [-0.39, 0.29) is 0 Å². The number of nitrogens with one attached hydrogen (secondary N) is 1. The van der Waals surface area contributed by atoms with Gasteiger partial charge in [-0.2, -0.15) is 0 Å². The zero-order valence-electron chi connectivity index (χ0n) is 11.2. The molecule has 0 aliphatic heterocycles. The van der Waals surface area contributed by atoms with Crippen molar-refractivity contribution in [3.8, 4) is 0 Å². The predicted molar refractivity (Wildman–Crippen MR) is 77.0 cm³/mol. The number of nitrogens with zero attached hydrogens (tertiary/aromatic N) is 2. The first-order valence-corrected chi connectivity index (χ1v) is 6.67. The highest BCUT2D eigenvalue weighted by Crippen LogP contribution is 2.29. The molecule has 1 saturated carbocycles. The lowest BCUT2D eigenvalue weighted by Crippen LogP contribution is -2.40. The number of rotatable bonds is 3. The molecule has 2 atom stereocenters. The first-order valence-electron chi connectivity index (χ1n) is 6.29. The molecule has 1 aliphatic rings. The van der Waals surface area contributed by atoms with Gasteiger partial charge in [0, 0.05) is 31.7 Å². The maximum Gasteiger partial charge on any atom is 0.193 e. The van der Waals surface area contributed by atoms with Crippen LogP contribution in [-0.4, -0.2) is 31.0 Å². The van der Waals surface area contributed by atoms with E-state index in [1.807, 2.05) is 32.3 Å². The minimum absolute atomic E-state index is 0.588. The number of halogens is 1. The highest BCUT2D eigenvalue weighted by atomic mass is 35.5. The molecular weight excluding hydrogens is 246 g/mol. The molecule has 98 valence electrons. The van der Waals surface area contributed by atoms with Crippen molar-refractivity contribution in [2.45, 2.75) is 25.9 Å². The van der Waals surface area contributed by atoms with Crippen LogP contribution in [0.15, 0.2) is 29.3 Å². The SMILES string of the molecule is CN=C(NC1CC1C)N(C)Cc1cccc(Cl)c1. The molecule has 2 rings (SSSR count). The summed E-state index contributed by atoms with van der Waals surface area (Å²) in [5.74, 6) is 1.71. The topological polar surface area (TPSA) is 27.6 Å². The molecule has 3 nitrogen and oxygen atoms in total. The van der Waals surface area contributed by atoms with Crippen LogP contribution in [0.1, 0.15) is 18.9 Å². The Morgan fingerprint density at radius 3 is 2.83 bits per heavy atom. The molecule has 0 radical (unpaired) electrons. The summed E-state index contributed by atoms with van der Waals surface area (Å²) in [4.78, 5) is 6.44. The smallest absolute Gasteiger partial charge is 0.193 e. The predicted octanol–water partition coefficient (Wildman–Crippen LogP) is 2.76. The third-order valence-electron chi connectivity index (χ3n) is 3.31. The zero-order valence-corrected chi connectivity index (χ0v) is 11.9. The van der Waals surface area contributed by atoms with Crippen LogP contribution in [0.4, 0.5) is 0 Å². The van der Waals surface area contributed by atoms with Gasteiger partial charge in [0.2, 0.25) is 0 Å². The molecule has 4 heteroatoms. The van der Waals surface area contributed by atoms with Gasteiger partial charge in [0.1, 0.15) is 0 Å². The standard InChI is InChI=1S/C14H20ClN3/c1-10-7-13(10)17-14(16-2)18(3)9-11-5-4-6-12(15)8-11/h4-6,8,10,13H,7,9H2,1-3H3,(H,16,17). The zero-order chi connectivity index (χ0) is 13.1. The van der Waals surface area contributed by atoms with Crippen molar-refractivity contribution < 1.29 is 0 Å². The van der Waals surface area contributed by atoms with E-state index in [0.29, 0.717) is 6.04 Å². The molecule has 1 aliphatic carbocycles. The summed E-state index contributed by atoms with van der Waals surface area (Å²) in [7, 11) is 3.87. The van der Waals surface area contributed by atoms with Crippen molar-refractivity contribution in [3.63, 3.8) is 0 Å². The van der Waals surface area contributed by atoms with Gasteiger partial charge in [0.15, 0.2) is 5.96 Å². The Bertz CT molecular complexity index is 444. The molecule has 0 saturated heterocycles. The van der Waals surface area contributed by atoms with Crippen molar-refractivity contribution in [2.24, 2.45) is 10.9 Å². The summed E-state index contributed by atoms with van der Waals surface area (Å²) in [5.41, 5.74) is 1.19. The van der Waals surface area contributed by atoms with E-state index in [0.717, 1.165) is 23.4 Å². The van der Waals surface area contributed by atoms with Crippen molar-refractivity contribution in [2.75, 3.05) is 14.1 Å². The third kappa shape index (κ3) is 3.39. The highest BCUT2D eigenvalue weighted by molar-refractivity contribution is 6.30. The second-order valence-corrected chi connectivity index (χ2v) is 5.43. The Kier molecular flexibility index (Phi) is 4.12. The van der Waals surface area contributed by atoms with Crippen LogP contribution in [-0.2, 0) is 6.54 Å². The molecule has 18 heavy (non-hydrogen) atoms. The largest absolute Gasteiger partial charge is 0.353 e. The van der Waals surface area contributed by atoms with E-state index in [1.165, 1.54) is 12.0 Å². The Hall–Kier alpha value is -1.22. The molecule has 1 aromatic rings. The Labute approximate surface area is 114 Å². The van der Waals surface area contributed by atoms with Crippen LogP contribution in [0.5, 0.6) is 0 Å². The molecule has 1 fully saturated rings. The fraction of sp³-hybridized carbons (Fsp3) is 0.500. The Morgan fingerprint density at radius 1 is 1.56 bits per heavy atom. The average molecular weight is 266 g/mol. The fourth-order valence-corrected chi connectivity index (χ4v) is 2.23. The summed E-state index contributed by atoms with van der Waals surface area (Å²) in [6.07, 6.45) is 1.24. The number of hydrogen-bond donors (Lipinski definition) is 1. The van der Waals surface area contributed by atoms with E-state index in [4.69, 9.17) is 11.6 Å². The molecule has 0 aromatic heterocycles. The maximum absolute atomic E-state index is 5.99. The maximum atomic E-state index is 5.99. The summed E-state index contributed by atoms with van der Waals surface area (Å²) in [6, 6.07) is 8.53. The number of hydrogen-bond acceptors (Lipinski definition) is 1. The van der Waals surface area contributed by atoms with Gasteiger partial charge in [-0.05, 0) is 30.0 Å². The molecule has 0 bridgehead atoms. The Morgan fingerprint density at radius 2 is 2.28 bits per heavy atom. The van der Waals surface area contributed by atoms with Crippen molar-refractivity contribution in [1.82, 2.24) is 10.2 Å². The van der Waals surface area contributed by atoms with Crippen LogP contribution in [0, 0.1) is 5.92 Å². The van der Waals surface area contributed by atoms with E-state index < -0.39 is 0 Å². The van der Waals surface area contributed by atoms with Crippen LogP contribution < -0.4 is 5.32 Å². The van der Waals surface area contributed by atoms with Gasteiger partial charge in [-0.15, -0.1) is 0 Å². The van der Waals surface area contributed by atoms with Gasteiger partial charge in [-0.25, -0.2) is 0 Å². The second kappa shape index (κ2) is 5.61. The monoisotopic (exact) mass is 265 g/mol. The molecular formula is C14H20ClN3. The van der Waals surface area contributed by atoms with Gasteiger partial charge < -0.3 is 10.2 Å². The number of benzene rings is 1. The second-order valence-electron chi connectivity index (χ2n) is 5.00. The van der Waals surface area contributed by atoms with Crippen LogP contribution >= 0.6 is 11.6 Å². The van der Waals surface area contributed by atoms with Crippen molar-refractivity contribution in [3.05, 3.63) is 34.9 Å². The third-order valence-corrected chi connectivity index (χ3v) is 3.54. The minimum atomic E-state index is 0.588. The Balaban J connectivity index is 1.95. The molecule has 2 unspecified atom stereocenters. The minimum Gasteiger partial charge on any atom is -0.353 e. The average Bonchev–Trinajstić information content (AvgIpc) is 3.02. The lowest BCUT2D eigenvalue weighted by atomic mass is 10.2. The lowest BCUT2D eigenvalue weighted by molar-refractivity contribution is 0.474. The quantitative estimate of drug-likeness (QED) is 0.672. The summed E-state index contributed by atoms with van der Waals surface area (Å²) >= 11 is 5.99. The van der Waals surface area contributed by atoms with Gasteiger partial charge in [-0.1, -0.05) is 30.7 Å². The molecule has 1 aromatic carbocycles. The lowest BCUT2D eigenvalue weighted by Gasteiger charge is -2.22. The van der Waals surface area contributed by atoms with Crippen molar-refractivity contribution >= 4 is 17.6 Å². The molecule has 0 heterocycles. The van der Waals surface area contributed by atoms with Crippen molar-refractivity contribution in [1.29, 1.82) is 0 Å². The summed E-state index contributed by atoms with van der Waals surface area (Å²) < 4.78 is 0. The first kappa shape index (κ1) is 13.2. The van der Waals surface area contributed by atoms with Gasteiger partial charge >= 0.3 is 0 Å². The fourth-order valence-electron chi connectivity index (χ4n) is 2.02. The van der Waals surface area contributed by atoms with Gasteiger partial charge in [0.25, 0.3) is 0 Å². The normalized spacial score (nSPS) is 22.8. The summed E-state index contributed by atoms with van der Waals surface area (Å²) in [6.45, 7) is 3.06. The van der Waals surface area contributed by atoms with E-state index in [1.54, 1.807) is 0 Å².